The maximum atomic E-state index is 10.9. The minimum absolute atomic E-state index is 0.261. The van der Waals surface area contributed by atoms with Gasteiger partial charge in [0, 0.05) is 19.0 Å². The fraction of sp³-hybridized carbons (Fsp3) is 0.333. The largest absolute Gasteiger partial charge is 0.462 e. The third-order valence-corrected chi connectivity index (χ3v) is 4.83. The Bertz CT molecular complexity index is 847. The highest BCUT2D eigenvalue weighted by molar-refractivity contribution is 5.78. The average Bonchev–Trinajstić information content (AvgIpc) is 3.21. The summed E-state index contributed by atoms with van der Waals surface area (Å²) in [6.45, 7) is 7.05. The van der Waals surface area contributed by atoms with Crippen LogP contribution in [0.25, 0.3) is 11.6 Å². The van der Waals surface area contributed by atoms with Crippen LogP contribution in [0.3, 0.4) is 0 Å². The van der Waals surface area contributed by atoms with E-state index in [0.717, 1.165) is 23.5 Å². The number of pyridine rings is 1. The fourth-order valence-electron chi connectivity index (χ4n) is 3.32. The Hall–Kier alpha value is -2.72. The van der Waals surface area contributed by atoms with Crippen LogP contribution in [0.1, 0.15) is 42.3 Å². The number of rotatable bonds is 7. The summed E-state index contributed by atoms with van der Waals surface area (Å²) in [4.78, 5) is 18.2. The summed E-state index contributed by atoms with van der Waals surface area (Å²) in [6.07, 6.45) is 8.57. The van der Waals surface area contributed by atoms with Gasteiger partial charge in [-0.1, -0.05) is 42.0 Å². The zero-order valence-electron chi connectivity index (χ0n) is 16.7. The van der Waals surface area contributed by atoms with Gasteiger partial charge in [0.2, 0.25) is 0 Å². The number of carbonyl (C=O) groups excluding carboxylic acids is 1. The van der Waals surface area contributed by atoms with Crippen molar-refractivity contribution >= 4 is 17.6 Å². The molecule has 0 unspecified atom stereocenters. The van der Waals surface area contributed by atoms with Crippen molar-refractivity contribution in [1.29, 1.82) is 0 Å². The summed E-state index contributed by atoms with van der Waals surface area (Å²) in [6, 6.07) is 14.6. The Morgan fingerprint density at radius 3 is 2.61 bits per heavy atom. The van der Waals surface area contributed by atoms with Gasteiger partial charge in [-0.25, -0.2) is 4.98 Å². The monoisotopic (exact) mass is 376 g/mol. The van der Waals surface area contributed by atoms with Crippen molar-refractivity contribution < 1.29 is 9.53 Å². The molecule has 1 fully saturated rings. The van der Waals surface area contributed by atoms with E-state index in [2.05, 4.69) is 48.2 Å². The summed E-state index contributed by atoms with van der Waals surface area (Å²) >= 11 is 0. The van der Waals surface area contributed by atoms with Crippen molar-refractivity contribution in [2.75, 3.05) is 26.2 Å². The number of benzene rings is 1. The van der Waals surface area contributed by atoms with Crippen LogP contribution in [-0.4, -0.2) is 42.1 Å². The zero-order valence-corrected chi connectivity index (χ0v) is 16.7. The van der Waals surface area contributed by atoms with Crippen molar-refractivity contribution in [3.63, 3.8) is 0 Å². The van der Waals surface area contributed by atoms with Gasteiger partial charge in [0.1, 0.15) is 6.61 Å². The lowest BCUT2D eigenvalue weighted by molar-refractivity contribution is -0.139. The van der Waals surface area contributed by atoms with E-state index in [4.69, 9.17) is 9.72 Å². The summed E-state index contributed by atoms with van der Waals surface area (Å²) in [5.41, 5.74) is 5.39. The lowest BCUT2D eigenvalue weighted by Gasteiger charge is -2.14. The summed E-state index contributed by atoms with van der Waals surface area (Å²) in [7, 11) is 0. The van der Waals surface area contributed by atoms with Crippen LogP contribution < -0.4 is 0 Å². The summed E-state index contributed by atoms with van der Waals surface area (Å²) in [5.74, 6) is -0.280. The first-order valence-corrected chi connectivity index (χ1v) is 9.89. The van der Waals surface area contributed by atoms with Crippen LogP contribution in [0.15, 0.2) is 54.6 Å². The second-order valence-electron chi connectivity index (χ2n) is 7.14. The number of carbonyl (C=O) groups is 1. The second kappa shape index (κ2) is 10.00. The molecule has 1 saturated heterocycles. The zero-order chi connectivity index (χ0) is 19.8. The van der Waals surface area contributed by atoms with E-state index < -0.39 is 0 Å². The van der Waals surface area contributed by atoms with Gasteiger partial charge in [0.25, 0.3) is 0 Å². The Labute approximate surface area is 167 Å². The van der Waals surface area contributed by atoms with Crippen molar-refractivity contribution in [2.45, 2.75) is 26.7 Å². The van der Waals surface area contributed by atoms with Crippen molar-refractivity contribution in [3.05, 3.63) is 77.1 Å². The molecular formula is C24H28N2O2. The molecule has 4 nitrogen and oxygen atoms in total. The second-order valence-corrected chi connectivity index (χ2v) is 7.14. The smallest absolute Gasteiger partial charge is 0.302 e. The molecule has 1 aliphatic rings. The number of hydrogen-bond acceptors (Lipinski definition) is 4. The van der Waals surface area contributed by atoms with E-state index in [1.54, 1.807) is 0 Å². The topological polar surface area (TPSA) is 42.4 Å². The molecule has 0 bridgehead atoms. The highest BCUT2D eigenvalue weighted by atomic mass is 16.5. The standard InChI is InChI=1S/C24H28N2O2/c1-19-10-12-21(13-11-19)23(14-17-26-15-3-4-16-26)24-9-5-7-22(25-24)8-6-18-28-20(2)27/h5-14H,3-4,15-18H2,1-2H3/b8-6+,23-14+. The van der Waals surface area contributed by atoms with E-state index >= 15 is 0 Å². The van der Waals surface area contributed by atoms with Crippen molar-refractivity contribution in [2.24, 2.45) is 0 Å². The molecule has 0 atom stereocenters. The molecule has 1 aromatic carbocycles. The van der Waals surface area contributed by atoms with Crippen LogP contribution in [0, 0.1) is 6.92 Å². The molecule has 0 N–H and O–H groups in total. The number of ether oxygens (including phenoxy) is 1. The Morgan fingerprint density at radius 2 is 1.89 bits per heavy atom. The van der Waals surface area contributed by atoms with Gasteiger partial charge in [-0.15, -0.1) is 0 Å². The molecule has 0 radical (unpaired) electrons. The number of aromatic nitrogens is 1. The molecule has 146 valence electrons. The van der Waals surface area contributed by atoms with Gasteiger partial charge in [0.15, 0.2) is 0 Å². The highest BCUT2D eigenvalue weighted by Gasteiger charge is 2.12. The predicted molar refractivity (Wildman–Crippen MR) is 114 cm³/mol. The molecule has 2 heterocycles. The van der Waals surface area contributed by atoms with E-state index in [-0.39, 0.29) is 12.6 Å². The number of esters is 1. The van der Waals surface area contributed by atoms with E-state index in [0.29, 0.717) is 0 Å². The summed E-state index contributed by atoms with van der Waals surface area (Å²) in [5, 5.41) is 0. The highest BCUT2D eigenvalue weighted by Crippen LogP contribution is 2.23. The molecule has 28 heavy (non-hydrogen) atoms. The lowest BCUT2D eigenvalue weighted by Crippen LogP contribution is -2.19. The number of likely N-dealkylation sites (tertiary alicyclic amines) is 1. The average molecular weight is 377 g/mol. The van der Waals surface area contributed by atoms with Crippen molar-refractivity contribution in [1.82, 2.24) is 9.88 Å². The minimum atomic E-state index is -0.280. The third-order valence-electron chi connectivity index (χ3n) is 4.83. The molecule has 1 aromatic heterocycles. The fourth-order valence-corrected chi connectivity index (χ4v) is 3.32. The number of hydrogen-bond donors (Lipinski definition) is 0. The molecule has 0 saturated carbocycles. The first kappa shape index (κ1) is 20.0. The van der Waals surface area contributed by atoms with Gasteiger partial charge < -0.3 is 4.74 Å². The van der Waals surface area contributed by atoms with E-state index in [1.165, 1.54) is 44.0 Å². The third kappa shape index (κ3) is 5.89. The van der Waals surface area contributed by atoms with Gasteiger partial charge >= 0.3 is 5.97 Å². The van der Waals surface area contributed by atoms with E-state index in [1.807, 2.05) is 24.3 Å². The molecule has 3 rings (SSSR count). The van der Waals surface area contributed by atoms with Gasteiger partial charge in [-0.05, 0) is 62.7 Å². The number of aryl methyl sites for hydroxylation is 1. The molecule has 0 aliphatic carbocycles. The molecule has 0 amide bonds. The lowest BCUT2D eigenvalue weighted by atomic mass is 10.00. The first-order valence-electron chi connectivity index (χ1n) is 9.89. The van der Waals surface area contributed by atoms with Crippen molar-refractivity contribution in [3.8, 4) is 0 Å². The first-order chi connectivity index (χ1) is 13.6. The molecule has 0 spiro atoms. The molecular weight excluding hydrogens is 348 g/mol. The number of nitrogens with zero attached hydrogens (tertiary/aromatic N) is 2. The van der Waals surface area contributed by atoms with Crippen LogP contribution in [0.5, 0.6) is 0 Å². The molecule has 2 aromatic rings. The maximum absolute atomic E-state index is 10.9. The van der Waals surface area contributed by atoms with Crippen LogP contribution >= 0.6 is 0 Å². The normalized spacial score (nSPS) is 15.3. The van der Waals surface area contributed by atoms with Crippen LogP contribution in [-0.2, 0) is 9.53 Å². The Balaban J connectivity index is 1.84. The minimum Gasteiger partial charge on any atom is -0.462 e. The quantitative estimate of drug-likeness (QED) is 0.668. The maximum Gasteiger partial charge on any atom is 0.302 e. The Kier molecular flexibility index (Phi) is 7.15. The van der Waals surface area contributed by atoms with Gasteiger partial charge in [0.05, 0.1) is 11.4 Å². The van der Waals surface area contributed by atoms with E-state index in [9.17, 15) is 4.79 Å². The summed E-state index contributed by atoms with van der Waals surface area (Å²) < 4.78 is 4.95. The SMILES string of the molecule is CC(=O)OC/C=C/c1cccc(/C(=C/CN2CCCC2)c2ccc(C)cc2)n1. The van der Waals surface area contributed by atoms with Crippen LogP contribution in [0.4, 0.5) is 0 Å². The molecule has 1 aliphatic heterocycles. The Morgan fingerprint density at radius 1 is 1.14 bits per heavy atom. The predicted octanol–water partition coefficient (Wildman–Crippen LogP) is 4.49. The van der Waals surface area contributed by atoms with Crippen LogP contribution in [0.2, 0.25) is 0 Å². The van der Waals surface area contributed by atoms with Gasteiger partial charge in [-0.2, -0.15) is 0 Å². The molecule has 4 heteroatoms. The van der Waals surface area contributed by atoms with Gasteiger partial charge in [-0.3, -0.25) is 9.69 Å².